The highest BCUT2D eigenvalue weighted by Crippen LogP contribution is 2.21. The maximum absolute atomic E-state index is 12.1. The Labute approximate surface area is 143 Å². The van der Waals surface area contributed by atoms with Gasteiger partial charge in [-0.15, -0.1) is 0 Å². The highest BCUT2D eigenvalue weighted by molar-refractivity contribution is 5.91. The van der Waals surface area contributed by atoms with Gasteiger partial charge in [0, 0.05) is 5.69 Å². The van der Waals surface area contributed by atoms with Crippen LogP contribution in [0.1, 0.15) is 31.4 Å². The standard InChI is InChI=1S/C20H25NO3/c1-14(2)19(22)12-20(23)21-18-11-7-8-16(15(18)3)13-24-17-9-5-4-6-10-17/h4-11,14,19,22H,12-13H2,1-3H3,(H,21,23). The van der Waals surface area contributed by atoms with Crippen LogP contribution in [0.3, 0.4) is 0 Å². The molecule has 128 valence electrons. The number of hydrogen-bond donors (Lipinski definition) is 2. The number of carbonyl (C=O) groups is 1. The van der Waals surface area contributed by atoms with E-state index >= 15 is 0 Å². The summed E-state index contributed by atoms with van der Waals surface area (Å²) in [4.78, 5) is 12.1. The van der Waals surface area contributed by atoms with E-state index in [0.717, 1.165) is 22.6 Å². The summed E-state index contributed by atoms with van der Waals surface area (Å²) < 4.78 is 5.78. The average Bonchev–Trinajstić information content (AvgIpc) is 2.56. The number of anilines is 1. The largest absolute Gasteiger partial charge is 0.489 e. The number of ether oxygens (including phenoxy) is 1. The summed E-state index contributed by atoms with van der Waals surface area (Å²) in [6, 6.07) is 15.4. The van der Waals surface area contributed by atoms with Gasteiger partial charge in [0.2, 0.25) is 5.91 Å². The van der Waals surface area contributed by atoms with Crippen LogP contribution < -0.4 is 10.1 Å². The van der Waals surface area contributed by atoms with Crippen molar-refractivity contribution in [3.63, 3.8) is 0 Å². The SMILES string of the molecule is Cc1c(COc2ccccc2)cccc1NC(=O)CC(O)C(C)C. The van der Waals surface area contributed by atoms with Gasteiger partial charge in [0.25, 0.3) is 0 Å². The molecule has 0 aliphatic rings. The van der Waals surface area contributed by atoms with Crippen LogP contribution in [0.5, 0.6) is 5.75 Å². The van der Waals surface area contributed by atoms with Crippen LogP contribution in [-0.2, 0) is 11.4 Å². The van der Waals surface area contributed by atoms with E-state index in [0.29, 0.717) is 6.61 Å². The van der Waals surface area contributed by atoms with E-state index in [4.69, 9.17) is 4.74 Å². The fourth-order valence-electron chi connectivity index (χ4n) is 2.28. The van der Waals surface area contributed by atoms with Crippen molar-refractivity contribution in [3.8, 4) is 5.75 Å². The van der Waals surface area contributed by atoms with Crippen molar-refractivity contribution in [2.75, 3.05) is 5.32 Å². The number of hydrogen-bond acceptors (Lipinski definition) is 3. The Balaban J connectivity index is 2.00. The molecular weight excluding hydrogens is 302 g/mol. The number of amides is 1. The van der Waals surface area contributed by atoms with Gasteiger partial charge in [0.05, 0.1) is 12.5 Å². The van der Waals surface area contributed by atoms with Crippen LogP contribution in [0.2, 0.25) is 0 Å². The maximum atomic E-state index is 12.1. The Morgan fingerprint density at radius 3 is 2.50 bits per heavy atom. The highest BCUT2D eigenvalue weighted by Gasteiger charge is 2.15. The van der Waals surface area contributed by atoms with Crippen molar-refractivity contribution in [2.24, 2.45) is 5.92 Å². The summed E-state index contributed by atoms with van der Waals surface area (Å²) in [6.07, 6.45) is -0.531. The summed E-state index contributed by atoms with van der Waals surface area (Å²) in [7, 11) is 0. The average molecular weight is 327 g/mol. The lowest BCUT2D eigenvalue weighted by Gasteiger charge is -2.16. The predicted octanol–water partition coefficient (Wildman–Crippen LogP) is 3.92. The lowest BCUT2D eigenvalue weighted by molar-refractivity contribution is -0.118. The zero-order valence-corrected chi connectivity index (χ0v) is 14.5. The van der Waals surface area contributed by atoms with Crippen molar-refractivity contribution in [1.82, 2.24) is 0 Å². The van der Waals surface area contributed by atoms with E-state index in [1.54, 1.807) is 0 Å². The molecule has 0 heterocycles. The smallest absolute Gasteiger partial charge is 0.226 e. The molecule has 24 heavy (non-hydrogen) atoms. The molecule has 0 aliphatic heterocycles. The third-order valence-electron chi connectivity index (χ3n) is 4.02. The maximum Gasteiger partial charge on any atom is 0.226 e. The van der Waals surface area contributed by atoms with E-state index in [1.807, 2.05) is 69.3 Å². The molecule has 0 spiro atoms. The Morgan fingerprint density at radius 1 is 1.12 bits per heavy atom. The molecule has 0 bridgehead atoms. The van der Waals surface area contributed by atoms with Crippen molar-refractivity contribution < 1.29 is 14.6 Å². The highest BCUT2D eigenvalue weighted by atomic mass is 16.5. The van der Waals surface area contributed by atoms with Crippen LogP contribution in [0.25, 0.3) is 0 Å². The van der Waals surface area contributed by atoms with Gasteiger partial charge >= 0.3 is 0 Å². The molecule has 1 amide bonds. The van der Waals surface area contributed by atoms with Gasteiger partial charge in [0.1, 0.15) is 12.4 Å². The molecule has 0 saturated heterocycles. The summed E-state index contributed by atoms with van der Waals surface area (Å²) in [5.41, 5.74) is 2.74. The topological polar surface area (TPSA) is 58.6 Å². The van der Waals surface area contributed by atoms with E-state index < -0.39 is 6.10 Å². The molecule has 0 fully saturated rings. The molecule has 1 unspecified atom stereocenters. The van der Waals surface area contributed by atoms with Gasteiger partial charge in [0.15, 0.2) is 0 Å². The molecule has 0 aliphatic carbocycles. The molecule has 1 atom stereocenters. The molecule has 2 N–H and O–H groups in total. The van der Waals surface area contributed by atoms with E-state index in [2.05, 4.69) is 5.32 Å². The lowest BCUT2D eigenvalue weighted by Crippen LogP contribution is -2.24. The third-order valence-corrected chi connectivity index (χ3v) is 4.02. The fraction of sp³-hybridized carbons (Fsp3) is 0.350. The van der Waals surface area contributed by atoms with Crippen LogP contribution in [-0.4, -0.2) is 17.1 Å². The number of aliphatic hydroxyl groups excluding tert-OH is 1. The first-order chi connectivity index (χ1) is 11.5. The normalized spacial score (nSPS) is 12.0. The first-order valence-electron chi connectivity index (χ1n) is 8.21. The minimum Gasteiger partial charge on any atom is -0.489 e. The Morgan fingerprint density at radius 2 is 1.83 bits per heavy atom. The lowest BCUT2D eigenvalue weighted by atomic mass is 10.0. The molecule has 4 heteroatoms. The zero-order valence-electron chi connectivity index (χ0n) is 14.5. The predicted molar refractivity (Wildman–Crippen MR) is 96.0 cm³/mol. The van der Waals surface area contributed by atoms with Gasteiger partial charge in [-0.25, -0.2) is 0 Å². The van der Waals surface area contributed by atoms with Crippen molar-refractivity contribution in [1.29, 1.82) is 0 Å². The Bertz CT molecular complexity index is 668. The second-order valence-corrected chi connectivity index (χ2v) is 6.26. The molecule has 0 aromatic heterocycles. The zero-order chi connectivity index (χ0) is 17.5. The number of aliphatic hydroxyl groups is 1. The van der Waals surface area contributed by atoms with Gasteiger partial charge in [-0.2, -0.15) is 0 Å². The number of rotatable bonds is 7. The van der Waals surface area contributed by atoms with Gasteiger partial charge < -0.3 is 15.2 Å². The number of benzene rings is 2. The summed E-state index contributed by atoms with van der Waals surface area (Å²) in [6.45, 7) is 6.18. The first-order valence-corrected chi connectivity index (χ1v) is 8.21. The minimum atomic E-state index is -0.630. The molecule has 2 aromatic rings. The molecule has 0 radical (unpaired) electrons. The van der Waals surface area contributed by atoms with Gasteiger partial charge in [-0.3, -0.25) is 4.79 Å². The van der Waals surface area contributed by atoms with Gasteiger partial charge in [-0.05, 0) is 42.2 Å². The number of nitrogens with one attached hydrogen (secondary N) is 1. The Hall–Kier alpha value is -2.33. The minimum absolute atomic E-state index is 0.0578. The number of para-hydroxylation sites is 1. The fourth-order valence-corrected chi connectivity index (χ4v) is 2.28. The molecule has 2 aromatic carbocycles. The molecule has 2 rings (SSSR count). The summed E-state index contributed by atoms with van der Waals surface area (Å²) in [5, 5.41) is 12.7. The second-order valence-electron chi connectivity index (χ2n) is 6.26. The van der Waals surface area contributed by atoms with Gasteiger partial charge in [-0.1, -0.05) is 44.2 Å². The van der Waals surface area contributed by atoms with Crippen LogP contribution >= 0.6 is 0 Å². The summed E-state index contributed by atoms with van der Waals surface area (Å²) in [5.74, 6) is 0.689. The molecular formula is C20H25NO3. The Kier molecular flexibility index (Phi) is 6.38. The van der Waals surface area contributed by atoms with E-state index in [9.17, 15) is 9.90 Å². The molecule has 4 nitrogen and oxygen atoms in total. The van der Waals surface area contributed by atoms with Crippen LogP contribution in [0.15, 0.2) is 48.5 Å². The quantitative estimate of drug-likeness (QED) is 0.810. The first kappa shape index (κ1) is 18.0. The van der Waals surface area contributed by atoms with Crippen molar-refractivity contribution in [2.45, 2.75) is 39.9 Å². The van der Waals surface area contributed by atoms with E-state index in [1.165, 1.54) is 0 Å². The van der Waals surface area contributed by atoms with Crippen LogP contribution in [0, 0.1) is 12.8 Å². The number of carbonyl (C=O) groups excluding carboxylic acids is 1. The second kappa shape index (κ2) is 8.50. The summed E-state index contributed by atoms with van der Waals surface area (Å²) >= 11 is 0. The van der Waals surface area contributed by atoms with E-state index in [-0.39, 0.29) is 18.2 Å². The monoisotopic (exact) mass is 327 g/mol. The van der Waals surface area contributed by atoms with Crippen molar-refractivity contribution in [3.05, 3.63) is 59.7 Å². The van der Waals surface area contributed by atoms with Crippen molar-refractivity contribution >= 4 is 11.6 Å². The molecule has 0 saturated carbocycles. The van der Waals surface area contributed by atoms with Crippen LogP contribution in [0.4, 0.5) is 5.69 Å². The third kappa shape index (κ3) is 5.10.